The van der Waals surface area contributed by atoms with Crippen LogP contribution in [0.1, 0.15) is 27.7 Å². The van der Waals surface area contributed by atoms with Crippen molar-refractivity contribution in [3.05, 3.63) is 86.8 Å². The number of ether oxygens (including phenoxy) is 1. The van der Waals surface area contributed by atoms with Crippen molar-refractivity contribution in [3.8, 4) is 5.75 Å². The highest BCUT2D eigenvalue weighted by atomic mass is 32.1. The third kappa shape index (κ3) is 4.67. The summed E-state index contributed by atoms with van der Waals surface area (Å²) in [6.07, 6.45) is 6.57. The minimum absolute atomic E-state index is 0.200. The molecule has 0 aliphatic carbocycles. The van der Waals surface area contributed by atoms with E-state index in [9.17, 15) is 0 Å². The fourth-order valence-corrected chi connectivity index (χ4v) is 4.57. The van der Waals surface area contributed by atoms with Gasteiger partial charge in [-0.2, -0.15) is 16.4 Å². The Morgan fingerprint density at radius 2 is 2.14 bits per heavy atom. The van der Waals surface area contributed by atoms with Gasteiger partial charge in [0.25, 0.3) is 0 Å². The molecule has 0 aliphatic rings. The number of methoxy groups -OCH3 is 1. The van der Waals surface area contributed by atoms with E-state index in [1.807, 2.05) is 34.6 Å². The first-order chi connectivity index (χ1) is 13.8. The van der Waals surface area contributed by atoms with E-state index in [4.69, 9.17) is 4.74 Å². The first-order valence-corrected chi connectivity index (χ1v) is 10.9. The van der Waals surface area contributed by atoms with E-state index in [0.29, 0.717) is 6.54 Å². The van der Waals surface area contributed by atoms with Crippen LogP contribution < -0.4 is 10.1 Å². The van der Waals surface area contributed by atoms with Crippen LogP contribution in [-0.4, -0.2) is 21.9 Å². The molecule has 0 saturated carbocycles. The van der Waals surface area contributed by atoms with Gasteiger partial charge in [-0.15, -0.1) is 11.3 Å². The summed E-state index contributed by atoms with van der Waals surface area (Å²) in [5.41, 5.74) is 3.68. The minimum Gasteiger partial charge on any atom is -0.496 e. The lowest BCUT2D eigenvalue weighted by Gasteiger charge is -2.17. The van der Waals surface area contributed by atoms with Crippen LogP contribution in [0.2, 0.25) is 0 Å². The van der Waals surface area contributed by atoms with Gasteiger partial charge in [0.05, 0.1) is 19.7 Å². The van der Waals surface area contributed by atoms with Crippen LogP contribution in [0.15, 0.2) is 65.1 Å². The van der Waals surface area contributed by atoms with Crippen LogP contribution in [-0.2, 0) is 19.5 Å². The summed E-state index contributed by atoms with van der Waals surface area (Å²) in [4.78, 5) is 4.53. The first kappa shape index (κ1) is 18.9. The van der Waals surface area contributed by atoms with E-state index < -0.39 is 0 Å². The summed E-state index contributed by atoms with van der Waals surface area (Å²) < 4.78 is 7.44. The molecule has 0 spiro atoms. The average molecular weight is 411 g/mol. The lowest BCUT2D eigenvalue weighted by molar-refractivity contribution is 0.407. The number of hydrogen-bond donors (Lipinski definition) is 1. The van der Waals surface area contributed by atoms with E-state index in [-0.39, 0.29) is 6.04 Å². The van der Waals surface area contributed by atoms with Crippen LogP contribution in [0.5, 0.6) is 5.75 Å². The van der Waals surface area contributed by atoms with Crippen LogP contribution in [0.4, 0.5) is 0 Å². The van der Waals surface area contributed by atoms with Crippen molar-refractivity contribution in [1.82, 2.24) is 20.1 Å². The molecule has 4 rings (SSSR count). The minimum atomic E-state index is 0.200. The van der Waals surface area contributed by atoms with Gasteiger partial charge in [-0.1, -0.05) is 6.07 Å². The summed E-state index contributed by atoms with van der Waals surface area (Å²) in [5, 5.41) is 15.5. The van der Waals surface area contributed by atoms with Crippen LogP contribution in [0, 0.1) is 0 Å². The predicted molar refractivity (Wildman–Crippen MR) is 114 cm³/mol. The van der Waals surface area contributed by atoms with Gasteiger partial charge >= 0.3 is 0 Å². The Morgan fingerprint density at radius 1 is 1.18 bits per heavy atom. The number of hydrogen-bond acceptors (Lipinski definition) is 6. The van der Waals surface area contributed by atoms with Crippen LogP contribution in [0.25, 0.3) is 0 Å². The number of nitrogens with zero attached hydrogens (tertiary/aromatic N) is 3. The molecule has 1 unspecified atom stereocenters. The summed E-state index contributed by atoms with van der Waals surface area (Å²) in [6, 6.07) is 10.7. The SMILES string of the molecule is COc1ccc(CNC(Cc2ccsc2)c2nccs2)cc1Cn1cccn1. The maximum absolute atomic E-state index is 5.54. The molecule has 7 heteroatoms. The zero-order valence-electron chi connectivity index (χ0n) is 15.6. The Hall–Kier alpha value is -2.48. The van der Waals surface area contributed by atoms with Crippen molar-refractivity contribution in [2.45, 2.75) is 25.6 Å². The maximum Gasteiger partial charge on any atom is 0.123 e. The second-order valence-corrected chi connectivity index (χ2v) is 8.20. The largest absolute Gasteiger partial charge is 0.496 e. The van der Waals surface area contributed by atoms with Crippen molar-refractivity contribution < 1.29 is 4.74 Å². The molecule has 28 heavy (non-hydrogen) atoms. The van der Waals surface area contributed by atoms with E-state index in [2.05, 4.69) is 44.4 Å². The number of rotatable bonds is 9. The van der Waals surface area contributed by atoms with Gasteiger partial charge in [0.2, 0.25) is 0 Å². The van der Waals surface area contributed by atoms with Gasteiger partial charge < -0.3 is 10.1 Å². The zero-order valence-corrected chi connectivity index (χ0v) is 17.2. The highest BCUT2D eigenvalue weighted by molar-refractivity contribution is 7.09. The van der Waals surface area contributed by atoms with Crippen molar-refractivity contribution in [3.63, 3.8) is 0 Å². The molecular weight excluding hydrogens is 388 g/mol. The monoisotopic (exact) mass is 410 g/mol. The Bertz CT molecular complexity index is 966. The van der Waals surface area contributed by atoms with Crippen LogP contribution in [0.3, 0.4) is 0 Å². The smallest absolute Gasteiger partial charge is 0.123 e. The normalized spacial score (nSPS) is 12.2. The predicted octanol–water partition coefficient (Wildman–Crippen LogP) is 4.53. The van der Waals surface area contributed by atoms with E-state index in [1.165, 1.54) is 11.1 Å². The zero-order chi connectivity index (χ0) is 19.2. The maximum atomic E-state index is 5.54. The molecule has 0 amide bonds. The standard InChI is InChI=1S/C21H22N4OS2/c1-26-20-4-3-16(11-18(20)14-25-8-2-6-24-25)13-23-19(21-22-7-10-28-21)12-17-5-9-27-15-17/h2-11,15,19,23H,12-14H2,1H3. The van der Waals surface area contributed by atoms with Gasteiger partial charge in [0, 0.05) is 36.1 Å². The fraction of sp³-hybridized carbons (Fsp3) is 0.238. The van der Waals surface area contributed by atoms with Gasteiger partial charge in [-0.3, -0.25) is 4.68 Å². The molecule has 1 N–H and O–H groups in total. The van der Waals surface area contributed by atoms with Crippen molar-refractivity contribution in [2.24, 2.45) is 0 Å². The summed E-state index contributed by atoms with van der Waals surface area (Å²) >= 11 is 3.43. The van der Waals surface area contributed by atoms with Crippen molar-refractivity contribution in [1.29, 1.82) is 0 Å². The molecule has 144 valence electrons. The second-order valence-electron chi connectivity index (χ2n) is 6.49. The van der Waals surface area contributed by atoms with E-state index >= 15 is 0 Å². The molecule has 1 atom stereocenters. The van der Waals surface area contributed by atoms with Crippen molar-refractivity contribution >= 4 is 22.7 Å². The molecule has 0 bridgehead atoms. The fourth-order valence-electron chi connectivity index (χ4n) is 3.17. The molecule has 0 aliphatic heterocycles. The third-order valence-electron chi connectivity index (χ3n) is 4.56. The van der Waals surface area contributed by atoms with Crippen molar-refractivity contribution in [2.75, 3.05) is 7.11 Å². The number of thiazole rings is 1. The quantitative estimate of drug-likeness (QED) is 0.440. The molecule has 4 aromatic rings. The summed E-state index contributed by atoms with van der Waals surface area (Å²) in [5.74, 6) is 0.883. The Kier molecular flexibility index (Phi) is 6.16. The van der Waals surface area contributed by atoms with Crippen LogP contribution >= 0.6 is 22.7 Å². The van der Waals surface area contributed by atoms with E-state index in [0.717, 1.165) is 29.3 Å². The molecule has 5 nitrogen and oxygen atoms in total. The Labute approximate surface area is 172 Å². The topological polar surface area (TPSA) is 52.0 Å². The van der Waals surface area contributed by atoms with Gasteiger partial charge in [0.1, 0.15) is 10.8 Å². The van der Waals surface area contributed by atoms with Gasteiger partial charge in [-0.25, -0.2) is 4.98 Å². The number of nitrogens with one attached hydrogen (secondary N) is 1. The summed E-state index contributed by atoms with van der Waals surface area (Å²) in [6.45, 7) is 1.46. The highest BCUT2D eigenvalue weighted by Gasteiger charge is 2.15. The third-order valence-corrected chi connectivity index (χ3v) is 6.18. The second kappa shape index (κ2) is 9.14. The Balaban J connectivity index is 1.49. The highest BCUT2D eigenvalue weighted by Crippen LogP contribution is 2.24. The lowest BCUT2D eigenvalue weighted by atomic mass is 10.1. The number of benzene rings is 1. The molecule has 1 aromatic carbocycles. The van der Waals surface area contributed by atoms with Gasteiger partial charge in [0.15, 0.2) is 0 Å². The number of aromatic nitrogens is 3. The molecule has 3 aromatic heterocycles. The lowest BCUT2D eigenvalue weighted by Crippen LogP contribution is -2.23. The molecule has 0 radical (unpaired) electrons. The molecule has 0 saturated heterocycles. The first-order valence-electron chi connectivity index (χ1n) is 9.09. The molecule has 3 heterocycles. The van der Waals surface area contributed by atoms with Gasteiger partial charge in [-0.05, 0) is 52.6 Å². The molecule has 0 fully saturated rings. The Morgan fingerprint density at radius 3 is 2.86 bits per heavy atom. The summed E-state index contributed by atoms with van der Waals surface area (Å²) in [7, 11) is 1.71. The van der Waals surface area contributed by atoms with E-state index in [1.54, 1.807) is 36.0 Å². The average Bonchev–Trinajstić information content (AvgIpc) is 3.49. The molecular formula is C21H22N4OS2. The number of thiophene rings is 1.